The summed E-state index contributed by atoms with van der Waals surface area (Å²) < 4.78 is 43.2. The van der Waals surface area contributed by atoms with Crippen molar-refractivity contribution in [3.63, 3.8) is 0 Å². The summed E-state index contributed by atoms with van der Waals surface area (Å²) in [4.78, 5) is 12.1. The van der Waals surface area contributed by atoms with Crippen LogP contribution in [0.2, 0.25) is 0 Å². The largest absolute Gasteiger partial charge is 0.497 e. The van der Waals surface area contributed by atoms with E-state index in [2.05, 4.69) is 5.32 Å². The molecule has 0 atom stereocenters. The van der Waals surface area contributed by atoms with Crippen LogP contribution in [0, 0.1) is 5.82 Å². The van der Waals surface area contributed by atoms with E-state index >= 15 is 0 Å². The molecule has 1 N–H and O–H groups in total. The highest BCUT2D eigenvalue weighted by molar-refractivity contribution is 7.88. The number of benzene rings is 2. The van der Waals surface area contributed by atoms with Crippen LogP contribution in [0.4, 0.5) is 10.1 Å². The highest BCUT2D eigenvalue weighted by atomic mass is 32.2. The van der Waals surface area contributed by atoms with Gasteiger partial charge >= 0.3 is 0 Å². The number of hydrogen-bond donors (Lipinski definition) is 1. The molecule has 1 amide bonds. The van der Waals surface area contributed by atoms with Crippen LogP contribution in [0.5, 0.6) is 5.75 Å². The minimum absolute atomic E-state index is 0.00846. The molecule has 0 unspecified atom stereocenters. The number of amides is 1. The first-order valence-electron chi connectivity index (χ1n) is 7.91. The average Bonchev–Trinajstić information content (AvgIpc) is 2.59. The van der Waals surface area contributed by atoms with E-state index in [0.717, 1.165) is 6.26 Å². The Balaban J connectivity index is 1.97. The van der Waals surface area contributed by atoms with E-state index in [9.17, 15) is 17.6 Å². The van der Waals surface area contributed by atoms with Crippen molar-refractivity contribution in [1.82, 2.24) is 4.31 Å². The van der Waals surface area contributed by atoms with Gasteiger partial charge < -0.3 is 10.1 Å². The number of sulfonamides is 1. The van der Waals surface area contributed by atoms with Gasteiger partial charge in [-0.05, 0) is 29.8 Å². The first kappa shape index (κ1) is 19.9. The van der Waals surface area contributed by atoms with Crippen molar-refractivity contribution in [2.75, 3.05) is 25.2 Å². The van der Waals surface area contributed by atoms with Gasteiger partial charge in [-0.25, -0.2) is 12.8 Å². The molecule has 140 valence electrons. The van der Waals surface area contributed by atoms with Crippen LogP contribution in [-0.2, 0) is 21.4 Å². The van der Waals surface area contributed by atoms with Gasteiger partial charge in [0.2, 0.25) is 15.9 Å². The first-order chi connectivity index (χ1) is 12.3. The number of carbonyl (C=O) groups is 1. The van der Waals surface area contributed by atoms with E-state index in [1.807, 2.05) is 0 Å². The molecule has 0 heterocycles. The van der Waals surface area contributed by atoms with E-state index < -0.39 is 15.8 Å². The summed E-state index contributed by atoms with van der Waals surface area (Å²) in [6.07, 6.45) is 1.07. The van der Waals surface area contributed by atoms with Gasteiger partial charge in [-0.3, -0.25) is 4.79 Å². The molecule has 0 aliphatic rings. The van der Waals surface area contributed by atoms with Crippen LogP contribution in [0.3, 0.4) is 0 Å². The van der Waals surface area contributed by atoms with E-state index in [1.165, 1.54) is 35.7 Å². The Hall–Kier alpha value is -2.45. The Bertz CT molecular complexity index is 854. The van der Waals surface area contributed by atoms with Crippen molar-refractivity contribution in [2.24, 2.45) is 0 Å². The number of carbonyl (C=O) groups excluding carboxylic acids is 1. The molecule has 0 aromatic heterocycles. The molecule has 0 fully saturated rings. The van der Waals surface area contributed by atoms with Gasteiger partial charge in [0.1, 0.15) is 11.6 Å². The third-order valence-corrected chi connectivity index (χ3v) is 4.93. The number of anilines is 1. The molecule has 0 aliphatic carbocycles. The van der Waals surface area contributed by atoms with Crippen molar-refractivity contribution in [3.05, 3.63) is 59.9 Å². The molecule has 0 bridgehead atoms. The Kier molecular flexibility index (Phi) is 6.70. The summed E-state index contributed by atoms with van der Waals surface area (Å²) in [7, 11) is -1.98. The second kappa shape index (κ2) is 8.77. The summed E-state index contributed by atoms with van der Waals surface area (Å²) >= 11 is 0. The third kappa shape index (κ3) is 6.12. The molecule has 0 radical (unpaired) electrons. The summed E-state index contributed by atoms with van der Waals surface area (Å²) in [6.45, 7) is 0.0948. The second-order valence-electron chi connectivity index (χ2n) is 5.75. The zero-order valence-electron chi connectivity index (χ0n) is 14.6. The van der Waals surface area contributed by atoms with E-state index in [-0.39, 0.29) is 25.4 Å². The van der Waals surface area contributed by atoms with Crippen LogP contribution in [-0.4, -0.2) is 38.5 Å². The number of halogens is 1. The number of nitrogens with one attached hydrogen (secondary N) is 1. The van der Waals surface area contributed by atoms with Crippen molar-refractivity contribution >= 4 is 21.6 Å². The standard InChI is InChI=1S/C18H21FN2O4S/c1-25-17-5-3-4-16(12-17)20-18(22)10-11-21(26(2,23)24)13-14-6-8-15(19)9-7-14/h3-9,12H,10-11,13H2,1-2H3,(H,20,22). The van der Waals surface area contributed by atoms with Gasteiger partial charge in [0.15, 0.2) is 0 Å². The third-order valence-electron chi connectivity index (χ3n) is 3.68. The highest BCUT2D eigenvalue weighted by Gasteiger charge is 2.18. The molecule has 6 nitrogen and oxygen atoms in total. The van der Waals surface area contributed by atoms with Gasteiger partial charge in [-0.1, -0.05) is 18.2 Å². The van der Waals surface area contributed by atoms with Gasteiger partial charge in [0, 0.05) is 31.3 Å². The fourth-order valence-electron chi connectivity index (χ4n) is 2.31. The Morgan fingerprint density at radius 3 is 2.50 bits per heavy atom. The predicted molar refractivity (Wildman–Crippen MR) is 97.9 cm³/mol. The molecule has 0 aliphatic heterocycles. The Morgan fingerprint density at radius 2 is 1.88 bits per heavy atom. The molecule has 0 saturated heterocycles. The molecule has 2 aromatic carbocycles. The fourth-order valence-corrected chi connectivity index (χ4v) is 3.11. The molecule has 8 heteroatoms. The molecule has 2 aromatic rings. The van der Waals surface area contributed by atoms with Crippen LogP contribution >= 0.6 is 0 Å². The summed E-state index contributed by atoms with van der Waals surface area (Å²) in [5.74, 6) is -0.0970. The van der Waals surface area contributed by atoms with Crippen molar-refractivity contribution in [1.29, 1.82) is 0 Å². The minimum Gasteiger partial charge on any atom is -0.497 e. The van der Waals surface area contributed by atoms with Crippen LogP contribution in [0.15, 0.2) is 48.5 Å². The highest BCUT2D eigenvalue weighted by Crippen LogP contribution is 2.17. The fraction of sp³-hybridized carbons (Fsp3) is 0.278. The lowest BCUT2D eigenvalue weighted by Crippen LogP contribution is -2.32. The lowest BCUT2D eigenvalue weighted by atomic mass is 10.2. The normalized spacial score (nSPS) is 11.4. The van der Waals surface area contributed by atoms with E-state index in [4.69, 9.17) is 4.74 Å². The summed E-state index contributed by atoms with van der Waals surface area (Å²) in [5, 5.41) is 2.70. The Morgan fingerprint density at radius 1 is 1.19 bits per heavy atom. The molecular weight excluding hydrogens is 359 g/mol. The average molecular weight is 380 g/mol. The SMILES string of the molecule is COc1cccc(NC(=O)CCN(Cc2ccc(F)cc2)S(C)(=O)=O)c1. The maximum atomic E-state index is 13.0. The van der Waals surface area contributed by atoms with Crippen molar-refractivity contribution < 1.29 is 22.3 Å². The lowest BCUT2D eigenvalue weighted by molar-refractivity contribution is -0.116. The topological polar surface area (TPSA) is 75.7 Å². The predicted octanol–water partition coefficient (Wildman–Crippen LogP) is 2.62. The maximum absolute atomic E-state index is 13.0. The second-order valence-corrected chi connectivity index (χ2v) is 7.74. The monoisotopic (exact) mass is 380 g/mol. The van der Waals surface area contributed by atoms with Crippen molar-refractivity contribution in [3.8, 4) is 5.75 Å². The number of methoxy groups -OCH3 is 1. The first-order valence-corrected chi connectivity index (χ1v) is 9.76. The molecule has 26 heavy (non-hydrogen) atoms. The number of hydrogen-bond acceptors (Lipinski definition) is 4. The van der Waals surface area contributed by atoms with Crippen LogP contribution < -0.4 is 10.1 Å². The van der Waals surface area contributed by atoms with Crippen LogP contribution in [0.25, 0.3) is 0 Å². The molecule has 0 saturated carbocycles. The quantitative estimate of drug-likeness (QED) is 0.764. The number of nitrogens with zero attached hydrogens (tertiary/aromatic N) is 1. The van der Waals surface area contributed by atoms with E-state index in [1.54, 1.807) is 24.3 Å². The van der Waals surface area contributed by atoms with Gasteiger partial charge in [0.25, 0.3) is 0 Å². The maximum Gasteiger partial charge on any atom is 0.225 e. The Labute approximate surface area is 152 Å². The molecule has 2 rings (SSSR count). The van der Waals surface area contributed by atoms with Crippen LogP contribution in [0.1, 0.15) is 12.0 Å². The lowest BCUT2D eigenvalue weighted by Gasteiger charge is -2.20. The van der Waals surface area contributed by atoms with Crippen molar-refractivity contribution in [2.45, 2.75) is 13.0 Å². The summed E-state index contributed by atoms with van der Waals surface area (Å²) in [6, 6.07) is 12.5. The number of ether oxygens (including phenoxy) is 1. The molecular formula is C18H21FN2O4S. The molecule has 0 spiro atoms. The summed E-state index contributed by atoms with van der Waals surface area (Å²) in [5.41, 5.74) is 1.21. The zero-order chi connectivity index (χ0) is 19.2. The van der Waals surface area contributed by atoms with Gasteiger partial charge in [0.05, 0.1) is 13.4 Å². The van der Waals surface area contributed by atoms with Gasteiger partial charge in [-0.2, -0.15) is 4.31 Å². The smallest absolute Gasteiger partial charge is 0.225 e. The van der Waals surface area contributed by atoms with Gasteiger partial charge in [-0.15, -0.1) is 0 Å². The zero-order valence-corrected chi connectivity index (χ0v) is 15.4. The van der Waals surface area contributed by atoms with E-state index in [0.29, 0.717) is 17.0 Å². The number of rotatable bonds is 8. The minimum atomic E-state index is -3.51.